The Bertz CT molecular complexity index is 134. The van der Waals surface area contributed by atoms with E-state index in [-0.39, 0.29) is 0 Å². The first-order valence-electron chi connectivity index (χ1n) is 3.32. The maximum Gasteiger partial charge on any atom is -0.00397 e. The molecule has 1 radical (unpaired) electrons. The van der Waals surface area contributed by atoms with Gasteiger partial charge in [0.05, 0.1) is 0 Å². The van der Waals surface area contributed by atoms with Gasteiger partial charge < -0.3 is 5.73 Å². The van der Waals surface area contributed by atoms with Gasteiger partial charge in [-0.1, -0.05) is 23.8 Å². The first-order valence-corrected chi connectivity index (χ1v) is 3.32. The van der Waals surface area contributed by atoms with Gasteiger partial charge in [-0.3, -0.25) is 0 Å². The molecule has 1 aliphatic rings. The van der Waals surface area contributed by atoms with Crippen molar-refractivity contribution in [2.45, 2.75) is 12.8 Å². The highest BCUT2D eigenvalue weighted by molar-refractivity contribution is 5.25. The molecule has 2 N–H and O–H groups in total. The van der Waals surface area contributed by atoms with E-state index in [9.17, 15) is 0 Å². The first-order chi connectivity index (χ1) is 4.43. The van der Waals surface area contributed by atoms with Crippen molar-refractivity contribution in [2.24, 2.45) is 5.73 Å². The molecular formula is C8H12N. The lowest BCUT2D eigenvalue weighted by atomic mass is 10.0. The predicted octanol–water partition coefficient (Wildman–Crippen LogP) is 1.43. The van der Waals surface area contributed by atoms with Crippen LogP contribution < -0.4 is 5.73 Å². The van der Waals surface area contributed by atoms with Gasteiger partial charge in [-0.15, -0.1) is 0 Å². The Morgan fingerprint density at radius 1 is 1.56 bits per heavy atom. The second-order valence-electron chi connectivity index (χ2n) is 2.15. The minimum atomic E-state index is 0.760. The van der Waals surface area contributed by atoms with Crippen molar-refractivity contribution in [2.75, 3.05) is 6.54 Å². The Hall–Kier alpha value is -0.560. The SMILES string of the molecule is NCCC1=CC=CC[CH]1. The molecule has 0 unspecified atom stereocenters. The molecule has 0 bridgehead atoms. The van der Waals surface area contributed by atoms with E-state index in [4.69, 9.17) is 5.73 Å². The van der Waals surface area contributed by atoms with E-state index in [0.717, 1.165) is 19.4 Å². The average Bonchev–Trinajstić information content (AvgIpc) is 1.91. The molecular weight excluding hydrogens is 110 g/mol. The minimum absolute atomic E-state index is 0.760. The van der Waals surface area contributed by atoms with Gasteiger partial charge in [0.15, 0.2) is 0 Å². The van der Waals surface area contributed by atoms with Crippen molar-refractivity contribution < 1.29 is 0 Å². The molecule has 0 saturated carbocycles. The summed E-state index contributed by atoms with van der Waals surface area (Å²) in [7, 11) is 0. The van der Waals surface area contributed by atoms with Crippen molar-refractivity contribution in [3.05, 3.63) is 30.2 Å². The van der Waals surface area contributed by atoms with E-state index in [1.165, 1.54) is 5.57 Å². The lowest BCUT2D eigenvalue weighted by Crippen LogP contribution is -2.01. The summed E-state index contributed by atoms with van der Waals surface area (Å²) in [6.07, 6.45) is 10.7. The van der Waals surface area contributed by atoms with Gasteiger partial charge in [0, 0.05) is 0 Å². The maximum atomic E-state index is 5.37. The summed E-state index contributed by atoms with van der Waals surface area (Å²) in [5.74, 6) is 0. The van der Waals surface area contributed by atoms with E-state index < -0.39 is 0 Å². The van der Waals surface area contributed by atoms with Crippen LogP contribution in [0.5, 0.6) is 0 Å². The Morgan fingerprint density at radius 2 is 2.44 bits per heavy atom. The molecule has 0 heterocycles. The van der Waals surface area contributed by atoms with E-state index in [1.807, 2.05) is 0 Å². The van der Waals surface area contributed by atoms with Crippen LogP contribution in [-0.2, 0) is 0 Å². The Labute approximate surface area is 56.2 Å². The fraction of sp³-hybridized carbons (Fsp3) is 0.375. The highest BCUT2D eigenvalue weighted by Gasteiger charge is 1.96. The maximum absolute atomic E-state index is 5.37. The van der Waals surface area contributed by atoms with Crippen LogP contribution in [0.15, 0.2) is 23.8 Å². The summed E-state index contributed by atoms with van der Waals surface area (Å²) in [4.78, 5) is 0. The fourth-order valence-corrected chi connectivity index (χ4v) is 0.910. The van der Waals surface area contributed by atoms with Crippen LogP contribution >= 0.6 is 0 Å². The molecule has 1 heteroatoms. The van der Waals surface area contributed by atoms with E-state index in [1.54, 1.807) is 0 Å². The van der Waals surface area contributed by atoms with Crippen molar-refractivity contribution in [1.82, 2.24) is 0 Å². The zero-order chi connectivity index (χ0) is 6.53. The molecule has 0 amide bonds. The second kappa shape index (κ2) is 3.46. The van der Waals surface area contributed by atoms with Gasteiger partial charge in [-0.25, -0.2) is 0 Å². The Kier molecular flexibility index (Phi) is 2.52. The predicted molar refractivity (Wildman–Crippen MR) is 39.8 cm³/mol. The van der Waals surface area contributed by atoms with Gasteiger partial charge in [-0.05, 0) is 25.8 Å². The topological polar surface area (TPSA) is 26.0 Å². The number of rotatable bonds is 2. The molecule has 1 rings (SSSR count). The molecule has 0 aromatic heterocycles. The van der Waals surface area contributed by atoms with Crippen LogP contribution in [0.1, 0.15) is 12.8 Å². The highest BCUT2D eigenvalue weighted by atomic mass is 14.5. The molecule has 1 nitrogen and oxygen atoms in total. The zero-order valence-electron chi connectivity index (χ0n) is 5.51. The third-order valence-electron chi connectivity index (χ3n) is 1.40. The van der Waals surface area contributed by atoms with Crippen LogP contribution in [0.4, 0.5) is 0 Å². The van der Waals surface area contributed by atoms with Crippen LogP contribution in [0.2, 0.25) is 0 Å². The largest absolute Gasteiger partial charge is 0.330 e. The van der Waals surface area contributed by atoms with Gasteiger partial charge in [0.25, 0.3) is 0 Å². The number of allylic oxidation sites excluding steroid dienone is 3. The molecule has 9 heavy (non-hydrogen) atoms. The normalized spacial score (nSPS) is 17.7. The number of nitrogens with two attached hydrogens (primary N) is 1. The molecule has 0 spiro atoms. The molecule has 1 aliphatic carbocycles. The molecule has 0 fully saturated rings. The summed E-state index contributed by atoms with van der Waals surface area (Å²) < 4.78 is 0. The van der Waals surface area contributed by atoms with E-state index in [2.05, 4.69) is 24.6 Å². The summed E-state index contributed by atoms with van der Waals surface area (Å²) in [6.45, 7) is 0.760. The quantitative estimate of drug-likeness (QED) is 0.589. The van der Waals surface area contributed by atoms with Gasteiger partial charge in [0.2, 0.25) is 0 Å². The first kappa shape index (κ1) is 6.56. The molecule has 0 saturated heterocycles. The average molecular weight is 122 g/mol. The van der Waals surface area contributed by atoms with Gasteiger partial charge in [-0.2, -0.15) is 0 Å². The summed E-state index contributed by atoms with van der Waals surface area (Å²) in [5, 5.41) is 0. The third kappa shape index (κ3) is 2.02. The zero-order valence-corrected chi connectivity index (χ0v) is 5.51. The monoisotopic (exact) mass is 122 g/mol. The molecule has 0 atom stereocenters. The summed E-state index contributed by atoms with van der Waals surface area (Å²) >= 11 is 0. The molecule has 0 aliphatic heterocycles. The molecule has 49 valence electrons. The van der Waals surface area contributed by atoms with E-state index in [0.29, 0.717) is 0 Å². The lowest BCUT2D eigenvalue weighted by molar-refractivity contribution is 0.937. The summed E-state index contributed by atoms with van der Waals surface area (Å²) in [5.41, 5.74) is 6.75. The van der Waals surface area contributed by atoms with Crippen molar-refractivity contribution in [3.63, 3.8) is 0 Å². The Morgan fingerprint density at radius 3 is 3.00 bits per heavy atom. The molecule has 0 aromatic rings. The smallest absolute Gasteiger partial charge is 0.00397 e. The second-order valence-corrected chi connectivity index (χ2v) is 2.15. The van der Waals surface area contributed by atoms with Crippen LogP contribution in [0, 0.1) is 6.42 Å². The summed E-state index contributed by atoms with van der Waals surface area (Å²) in [6, 6.07) is 0. The van der Waals surface area contributed by atoms with Crippen LogP contribution in [0.25, 0.3) is 0 Å². The van der Waals surface area contributed by atoms with Crippen molar-refractivity contribution >= 4 is 0 Å². The van der Waals surface area contributed by atoms with E-state index >= 15 is 0 Å². The van der Waals surface area contributed by atoms with Gasteiger partial charge in [0.1, 0.15) is 0 Å². The minimum Gasteiger partial charge on any atom is -0.330 e. The van der Waals surface area contributed by atoms with Crippen molar-refractivity contribution in [1.29, 1.82) is 0 Å². The molecule has 0 aromatic carbocycles. The fourth-order valence-electron chi connectivity index (χ4n) is 0.910. The third-order valence-corrected chi connectivity index (χ3v) is 1.40. The highest BCUT2D eigenvalue weighted by Crippen LogP contribution is 2.12. The van der Waals surface area contributed by atoms with Gasteiger partial charge >= 0.3 is 0 Å². The van der Waals surface area contributed by atoms with Crippen molar-refractivity contribution in [3.8, 4) is 0 Å². The van der Waals surface area contributed by atoms with Crippen LogP contribution in [-0.4, -0.2) is 6.54 Å². The lowest BCUT2D eigenvalue weighted by Gasteiger charge is -2.05. The Balaban J connectivity index is 2.38. The number of hydrogen-bond acceptors (Lipinski definition) is 1. The van der Waals surface area contributed by atoms with Crippen LogP contribution in [0.3, 0.4) is 0 Å². The number of hydrogen-bond donors (Lipinski definition) is 1. The standard InChI is InChI=1S/C8H12N/c9-7-6-8-4-2-1-3-5-8/h1-2,4-5H,3,6-7,9H2.